The standard InChI is InChI=1S/C30H35N3O3S/c1-21-13-15-32(16-14-21)20-22-9-11-23(12-10-22)31-29(34)27-24-6-3-4-7-25(24)30(35)33(17-18-36-2)28(27)26-8-5-19-37-26/h3-12,19,21,27-28H,13-18,20H2,1-2H3,(H,31,34). The minimum atomic E-state index is -0.528. The molecule has 0 spiro atoms. The van der Waals surface area contributed by atoms with Crippen LogP contribution < -0.4 is 5.32 Å². The lowest BCUT2D eigenvalue weighted by molar-refractivity contribution is -0.119. The molecule has 37 heavy (non-hydrogen) atoms. The molecular formula is C30H35N3O3S. The summed E-state index contributed by atoms with van der Waals surface area (Å²) < 4.78 is 5.31. The molecule has 7 heteroatoms. The molecule has 0 aliphatic carbocycles. The van der Waals surface area contributed by atoms with E-state index in [1.165, 1.54) is 18.4 Å². The molecule has 1 fully saturated rings. The number of likely N-dealkylation sites (tertiary alicyclic amines) is 1. The summed E-state index contributed by atoms with van der Waals surface area (Å²) in [5.41, 5.74) is 3.37. The van der Waals surface area contributed by atoms with Gasteiger partial charge in [0, 0.05) is 36.3 Å². The zero-order valence-corrected chi connectivity index (χ0v) is 22.4. The molecule has 0 radical (unpaired) electrons. The van der Waals surface area contributed by atoms with Gasteiger partial charge in [-0.15, -0.1) is 11.3 Å². The molecule has 2 aromatic carbocycles. The van der Waals surface area contributed by atoms with Crippen LogP contribution in [0.5, 0.6) is 0 Å². The van der Waals surface area contributed by atoms with Gasteiger partial charge < -0.3 is 15.0 Å². The summed E-state index contributed by atoms with van der Waals surface area (Å²) in [6.45, 7) is 6.37. The number of methoxy groups -OCH3 is 1. The van der Waals surface area contributed by atoms with E-state index in [1.807, 2.05) is 53.9 Å². The Labute approximate surface area is 223 Å². The minimum Gasteiger partial charge on any atom is -0.383 e. The summed E-state index contributed by atoms with van der Waals surface area (Å²) in [7, 11) is 1.63. The number of piperidine rings is 1. The number of hydrogen-bond donors (Lipinski definition) is 1. The van der Waals surface area contributed by atoms with E-state index in [0.717, 1.165) is 41.7 Å². The lowest BCUT2D eigenvalue weighted by Gasteiger charge is -2.41. The van der Waals surface area contributed by atoms with Crippen LogP contribution in [-0.2, 0) is 16.1 Å². The predicted molar refractivity (Wildman–Crippen MR) is 148 cm³/mol. The molecule has 0 saturated carbocycles. The van der Waals surface area contributed by atoms with Crippen molar-refractivity contribution < 1.29 is 14.3 Å². The quantitative estimate of drug-likeness (QED) is 0.426. The second-order valence-electron chi connectivity index (χ2n) is 10.2. The minimum absolute atomic E-state index is 0.0634. The van der Waals surface area contributed by atoms with E-state index in [1.54, 1.807) is 23.3 Å². The number of benzene rings is 2. The molecule has 5 rings (SSSR count). The van der Waals surface area contributed by atoms with Gasteiger partial charge in [-0.1, -0.05) is 43.3 Å². The molecule has 2 aliphatic rings. The van der Waals surface area contributed by atoms with Crippen LogP contribution in [-0.4, -0.2) is 55.0 Å². The van der Waals surface area contributed by atoms with Crippen molar-refractivity contribution >= 4 is 28.8 Å². The molecule has 1 aromatic heterocycles. The number of nitrogens with one attached hydrogen (secondary N) is 1. The van der Waals surface area contributed by atoms with Crippen molar-refractivity contribution in [3.63, 3.8) is 0 Å². The Kier molecular flexibility index (Phi) is 8.03. The SMILES string of the molecule is COCCN1C(=O)c2ccccc2C(C(=O)Nc2ccc(CN3CCC(C)CC3)cc2)C1c1cccs1. The average molecular weight is 518 g/mol. The van der Waals surface area contributed by atoms with Crippen LogP contribution >= 0.6 is 11.3 Å². The van der Waals surface area contributed by atoms with Gasteiger partial charge in [0.25, 0.3) is 5.91 Å². The highest BCUT2D eigenvalue weighted by molar-refractivity contribution is 7.10. The Hall–Kier alpha value is -3.00. The number of fused-ring (bicyclic) bond motifs is 1. The van der Waals surface area contributed by atoms with Gasteiger partial charge in [-0.2, -0.15) is 0 Å². The highest BCUT2D eigenvalue weighted by atomic mass is 32.1. The first-order valence-electron chi connectivity index (χ1n) is 13.1. The molecule has 2 aliphatic heterocycles. The molecule has 194 valence electrons. The number of amides is 2. The molecule has 2 unspecified atom stereocenters. The second kappa shape index (κ2) is 11.6. The summed E-state index contributed by atoms with van der Waals surface area (Å²) in [4.78, 5) is 32.7. The first-order valence-corrected chi connectivity index (χ1v) is 14.0. The van der Waals surface area contributed by atoms with Crippen molar-refractivity contribution in [1.29, 1.82) is 0 Å². The van der Waals surface area contributed by atoms with Gasteiger partial charge in [-0.25, -0.2) is 0 Å². The number of hydrogen-bond acceptors (Lipinski definition) is 5. The van der Waals surface area contributed by atoms with Crippen LogP contribution in [0.2, 0.25) is 0 Å². The van der Waals surface area contributed by atoms with Gasteiger partial charge in [0.05, 0.1) is 18.6 Å². The summed E-state index contributed by atoms with van der Waals surface area (Å²) in [6, 6.07) is 19.3. The molecule has 3 heterocycles. The fourth-order valence-corrected chi connectivity index (χ4v) is 6.35. The van der Waals surface area contributed by atoms with Crippen molar-refractivity contribution in [2.45, 2.75) is 38.3 Å². The van der Waals surface area contributed by atoms with Crippen molar-refractivity contribution in [2.24, 2.45) is 5.92 Å². The van der Waals surface area contributed by atoms with Gasteiger partial charge in [0.2, 0.25) is 5.91 Å². The number of ether oxygens (including phenoxy) is 1. The van der Waals surface area contributed by atoms with Gasteiger partial charge in [-0.05, 0) is 72.6 Å². The smallest absolute Gasteiger partial charge is 0.254 e. The second-order valence-corrected chi connectivity index (χ2v) is 11.1. The third-order valence-electron chi connectivity index (χ3n) is 7.60. The summed E-state index contributed by atoms with van der Waals surface area (Å²) in [5, 5.41) is 5.15. The van der Waals surface area contributed by atoms with Crippen molar-refractivity contribution in [3.8, 4) is 0 Å². The zero-order chi connectivity index (χ0) is 25.8. The van der Waals surface area contributed by atoms with E-state index in [0.29, 0.717) is 18.7 Å². The molecule has 3 aromatic rings. The van der Waals surface area contributed by atoms with E-state index < -0.39 is 12.0 Å². The van der Waals surface area contributed by atoms with Gasteiger partial charge >= 0.3 is 0 Å². The first kappa shape index (κ1) is 25.6. The zero-order valence-electron chi connectivity index (χ0n) is 21.6. The molecule has 2 atom stereocenters. The fourth-order valence-electron chi connectivity index (χ4n) is 5.48. The maximum Gasteiger partial charge on any atom is 0.254 e. The number of nitrogens with zero attached hydrogens (tertiary/aromatic N) is 2. The predicted octanol–water partition coefficient (Wildman–Crippen LogP) is 5.55. The summed E-state index contributed by atoms with van der Waals surface area (Å²) >= 11 is 1.57. The van der Waals surface area contributed by atoms with E-state index >= 15 is 0 Å². The fraction of sp³-hybridized carbons (Fsp3) is 0.400. The van der Waals surface area contributed by atoms with Crippen LogP contribution in [0.25, 0.3) is 0 Å². The number of anilines is 1. The molecular weight excluding hydrogens is 482 g/mol. The Morgan fingerprint density at radius 2 is 1.81 bits per heavy atom. The Bertz CT molecular complexity index is 1200. The largest absolute Gasteiger partial charge is 0.383 e. The normalized spacial score (nSPS) is 20.6. The summed E-state index contributed by atoms with van der Waals surface area (Å²) in [5.74, 6) is 0.113. The number of rotatable bonds is 8. The van der Waals surface area contributed by atoms with Crippen molar-refractivity contribution in [1.82, 2.24) is 9.80 Å². The van der Waals surface area contributed by atoms with E-state index in [-0.39, 0.29) is 11.8 Å². The topological polar surface area (TPSA) is 61.9 Å². The van der Waals surface area contributed by atoms with Crippen LogP contribution in [0.3, 0.4) is 0 Å². The van der Waals surface area contributed by atoms with Gasteiger partial charge in [0.15, 0.2) is 0 Å². The first-order chi connectivity index (χ1) is 18.0. The van der Waals surface area contributed by atoms with Gasteiger partial charge in [0.1, 0.15) is 0 Å². The van der Waals surface area contributed by atoms with Crippen LogP contribution in [0.4, 0.5) is 5.69 Å². The van der Waals surface area contributed by atoms with Crippen molar-refractivity contribution in [3.05, 3.63) is 87.6 Å². The number of carbonyl (C=O) groups excluding carboxylic acids is 2. The maximum atomic E-state index is 13.9. The lowest BCUT2D eigenvalue weighted by atomic mass is 9.81. The highest BCUT2D eigenvalue weighted by Gasteiger charge is 2.44. The average Bonchev–Trinajstić information content (AvgIpc) is 3.45. The Morgan fingerprint density at radius 3 is 2.51 bits per heavy atom. The Balaban J connectivity index is 1.39. The molecule has 0 bridgehead atoms. The molecule has 1 N–H and O–H groups in total. The van der Waals surface area contributed by atoms with Crippen molar-refractivity contribution in [2.75, 3.05) is 38.7 Å². The molecule has 2 amide bonds. The Morgan fingerprint density at radius 1 is 1.05 bits per heavy atom. The van der Waals surface area contributed by atoms with E-state index in [2.05, 4.69) is 29.3 Å². The van der Waals surface area contributed by atoms with Gasteiger partial charge in [-0.3, -0.25) is 14.5 Å². The monoisotopic (exact) mass is 517 g/mol. The third kappa shape index (κ3) is 5.64. The number of thiophene rings is 1. The summed E-state index contributed by atoms with van der Waals surface area (Å²) in [6.07, 6.45) is 2.51. The van der Waals surface area contributed by atoms with Crippen LogP contribution in [0.15, 0.2) is 66.0 Å². The third-order valence-corrected chi connectivity index (χ3v) is 8.54. The van der Waals surface area contributed by atoms with E-state index in [9.17, 15) is 9.59 Å². The van der Waals surface area contributed by atoms with Crippen LogP contribution in [0, 0.1) is 5.92 Å². The maximum absolute atomic E-state index is 13.9. The lowest BCUT2D eigenvalue weighted by Crippen LogP contribution is -2.47. The molecule has 1 saturated heterocycles. The highest BCUT2D eigenvalue weighted by Crippen LogP contribution is 2.44. The van der Waals surface area contributed by atoms with Crippen LogP contribution in [0.1, 0.15) is 58.1 Å². The van der Waals surface area contributed by atoms with E-state index in [4.69, 9.17) is 4.74 Å². The number of carbonyl (C=O) groups is 2. The molecule has 6 nitrogen and oxygen atoms in total.